The number of nitrogens with one attached hydrogen (secondary N) is 1. The second-order valence-electron chi connectivity index (χ2n) is 4.72. The van der Waals surface area contributed by atoms with Gasteiger partial charge in [0.1, 0.15) is 0 Å². The third-order valence-corrected chi connectivity index (χ3v) is 3.08. The Bertz CT molecular complexity index is 668. The molecule has 2 aromatic carbocycles. The Balaban J connectivity index is 2.11. The predicted molar refractivity (Wildman–Crippen MR) is 81.6 cm³/mol. The molecule has 5 heteroatoms. The van der Waals surface area contributed by atoms with Gasteiger partial charge in [0.05, 0.1) is 6.42 Å². The fourth-order valence-corrected chi connectivity index (χ4v) is 2.07. The largest absolute Gasteiger partial charge is 0.381 e. The van der Waals surface area contributed by atoms with Gasteiger partial charge in [-0.1, -0.05) is 30.3 Å². The fraction of sp³-hybridized carbons (Fsp3) is 0.125. The molecule has 0 aliphatic carbocycles. The maximum absolute atomic E-state index is 11.2. The smallest absolute Gasteiger partial charge is 0.248 e. The van der Waals surface area contributed by atoms with Gasteiger partial charge in [-0.25, -0.2) is 0 Å². The zero-order valence-corrected chi connectivity index (χ0v) is 11.5. The number of nitrogens with two attached hydrogens (primary N) is 2. The first-order chi connectivity index (χ1) is 10.1. The topological polar surface area (TPSA) is 98.2 Å². The van der Waals surface area contributed by atoms with Crippen LogP contribution in [-0.2, 0) is 17.8 Å². The van der Waals surface area contributed by atoms with Crippen LogP contribution in [0.15, 0.2) is 48.5 Å². The number of benzene rings is 2. The summed E-state index contributed by atoms with van der Waals surface area (Å²) in [6.45, 7) is 0.525. The predicted octanol–water partition coefficient (Wildman–Crippen LogP) is 1.43. The van der Waals surface area contributed by atoms with E-state index >= 15 is 0 Å². The number of amides is 2. The summed E-state index contributed by atoms with van der Waals surface area (Å²) in [7, 11) is 0. The molecule has 5 nitrogen and oxygen atoms in total. The SMILES string of the molecule is NC(=O)Cc1ccccc1NCc1cccc(C(N)=O)c1. The summed E-state index contributed by atoms with van der Waals surface area (Å²) in [5.41, 5.74) is 13.6. The van der Waals surface area contributed by atoms with E-state index in [1.807, 2.05) is 30.3 Å². The summed E-state index contributed by atoms with van der Waals surface area (Å²) in [4.78, 5) is 22.2. The van der Waals surface area contributed by atoms with E-state index in [0.717, 1.165) is 16.8 Å². The number of hydrogen-bond donors (Lipinski definition) is 3. The van der Waals surface area contributed by atoms with Gasteiger partial charge in [-0.3, -0.25) is 9.59 Å². The number of carbonyl (C=O) groups is 2. The minimum Gasteiger partial charge on any atom is -0.381 e. The molecule has 2 aromatic rings. The molecule has 0 unspecified atom stereocenters. The van der Waals surface area contributed by atoms with Crippen LogP contribution in [0.4, 0.5) is 5.69 Å². The lowest BCUT2D eigenvalue weighted by molar-refractivity contribution is -0.117. The van der Waals surface area contributed by atoms with E-state index in [-0.39, 0.29) is 12.3 Å². The number of para-hydroxylation sites is 1. The van der Waals surface area contributed by atoms with Crippen LogP contribution in [0, 0.1) is 0 Å². The molecule has 0 aliphatic rings. The van der Waals surface area contributed by atoms with Gasteiger partial charge in [-0.2, -0.15) is 0 Å². The summed E-state index contributed by atoms with van der Waals surface area (Å²) in [5, 5.41) is 3.24. The van der Waals surface area contributed by atoms with Crippen molar-refractivity contribution in [3.63, 3.8) is 0 Å². The summed E-state index contributed by atoms with van der Waals surface area (Å²) < 4.78 is 0. The highest BCUT2D eigenvalue weighted by molar-refractivity contribution is 5.92. The van der Waals surface area contributed by atoms with Crippen LogP contribution in [0.2, 0.25) is 0 Å². The number of primary amides is 2. The molecular formula is C16H17N3O2. The van der Waals surface area contributed by atoms with Crippen LogP contribution in [-0.4, -0.2) is 11.8 Å². The molecule has 0 bridgehead atoms. The summed E-state index contributed by atoms with van der Waals surface area (Å²) in [6.07, 6.45) is 0.185. The molecule has 108 valence electrons. The minimum atomic E-state index is -0.453. The van der Waals surface area contributed by atoms with Gasteiger partial charge in [-0.05, 0) is 29.3 Å². The van der Waals surface area contributed by atoms with Crippen molar-refractivity contribution in [3.8, 4) is 0 Å². The first kappa shape index (κ1) is 14.6. The first-order valence-electron chi connectivity index (χ1n) is 6.55. The zero-order valence-electron chi connectivity index (χ0n) is 11.5. The number of rotatable bonds is 6. The van der Waals surface area contributed by atoms with E-state index in [9.17, 15) is 9.59 Å². The van der Waals surface area contributed by atoms with Crippen LogP contribution in [0.5, 0.6) is 0 Å². The highest BCUT2D eigenvalue weighted by atomic mass is 16.1. The van der Waals surface area contributed by atoms with Crippen molar-refractivity contribution in [3.05, 3.63) is 65.2 Å². The monoisotopic (exact) mass is 283 g/mol. The lowest BCUT2D eigenvalue weighted by Crippen LogP contribution is -2.15. The van der Waals surface area contributed by atoms with E-state index in [1.54, 1.807) is 18.2 Å². The second kappa shape index (κ2) is 6.56. The Kier molecular flexibility index (Phi) is 4.56. The molecular weight excluding hydrogens is 266 g/mol. The second-order valence-corrected chi connectivity index (χ2v) is 4.72. The van der Waals surface area contributed by atoms with Crippen molar-refractivity contribution in [2.45, 2.75) is 13.0 Å². The van der Waals surface area contributed by atoms with Crippen LogP contribution < -0.4 is 16.8 Å². The Morgan fingerprint density at radius 2 is 1.76 bits per heavy atom. The van der Waals surface area contributed by atoms with E-state index < -0.39 is 5.91 Å². The highest BCUT2D eigenvalue weighted by Gasteiger charge is 2.05. The summed E-state index contributed by atoms with van der Waals surface area (Å²) in [5.74, 6) is -0.828. The zero-order chi connectivity index (χ0) is 15.2. The summed E-state index contributed by atoms with van der Waals surface area (Å²) >= 11 is 0. The van der Waals surface area contributed by atoms with Gasteiger partial charge in [-0.15, -0.1) is 0 Å². The molecule has 5 N–H and O–H groups in total. The molecule has 0 aromatic heterocycles. The third-order valence-electron chi connectivity index (χ3n) is 3.08. The van der Waals surface area contributed by atoms with Gasteiger partial charge in [0.15, 0.2) is 0 Å². The number of carbonyl (C=O) groups excluding carboxylic acids is 2. The molecule has 0 spiro atoms. The van der Waals surface area contributed by atoms with Gasteiger partial charge in [0.2, 0.25) is 11.8 Å². The van der Waals surface area contributed by atoms with Crippen molar-refractivity contribution in [1.82, 2.24) is 0 Å². The summed E-state index contributed by atoms with van der Waals surface area (Å²) in [6, 6.07) is 14.6. The lowest BCUT2D eigenvalue weighted by atomic mass is 10.1. The average molecular weight is 283 g/mol. The molecule has 0 radical (unpaired) electrons. The Morgan fingerprint density at radius 1 is 1.00 bits per heavy atom. The Morgan fingerprint density at radius 3 is 2.48 bits per heavy atom. The average Bonchev–Trinajstić information content (AvgIpc) is 2.46. The quantitative estimate of drug-likeness (QED) is 0.747. The molecule has 0 fully saturated rings. The van der Waals surface area contributed by atoms with Gasteiger partial charge >= 0.3 is 0 Å². The maximum atomic E-state index is 11.2. The lowest BCUT2D eigenvalue weighted by Gasteiger charge is -2.11. The molecule has 2 rings (SSSR count). The van der Waals surface area contributed by atoms with Crippen LogP contribution in [0.1, 0.15) is 21.5 Å². The first-order valence-corrected chi connectivity index (χ1v) is 6.55. The fourth-order valence-electron chi connectivity index (χ4n) is 2.07. The van der Waals surface area contributed by atoms with Crippen molar-refractivity contribution in [1.29, 1.82) is 0 Å². The number of hydrogen-bond acceptors (Lipinski definition) is 3. The normalized spacial score (nSPS) is 10.1. The molecule has 0 heterocycles. The van der Waals surface area contributed by atoms with Crippen molar-refractivity contribution < 1.29 is 9.59 Å². The standard InChI is InChI=1S/C16H17N3O2/c17-15(20)9-12-5-1-2-7-14(12)19-10-11-4-3-6-13(8-11)16(18)21/h1-8,19H,9-10H2,(H2,17,20)(H2,18,21). The third kappa shape index (κ3) is 4.07. The number of anilines is 1. The van der Waals surface area contributed by atoms with Gasteiger partial charge < -0.3 is 16.8 Å². The van der Waals surface area contributed by atoms with E-state index in [2.05, 4.69) is 5.32 Å². The Hall–Kier alpha value is -2.82. The van der Waals surface area contributed by atoms with Crippen molar-refractivity contribution in [2.24, 2.45) is 11.5 Å². The van der Waals surface area contributed by atoms with Gasteiger partial charge in [0.25, 0.3) is 0 Å². The van der Waals surface area contributed by atoms with E-state index in [1.165, 1.54) is 0 Å². The van der Waals surface area contributed by atoms with Gasteiger partial charge in [0, 0.05) is 17.8 Å². The molecule has 2 amide bonds. The van der Waals surface area contributed by atoms with Crippen LogP contribution in [0.25, 0.3) is 0 Å². The molecule has 21 heavy (non-hydrogen) atoms. The highest BCUT2D eigenvalue weighted by Crippen LogP contribution is 2.17. The van der Waals surface area contributed by atoms with Crippen LogP contribution in [0.3, 0.4) is 0 Å². The van der Waals surface area contributed by atoms with Crippen LogP contribution >= 0.6 is 0 Å². The Labute approximate surface area is 123 Å². The molecule has 0 atom stereocenters. The maximum Gasteiger partial charge on any atom is 0.248 e. The van der Waals surface area contributed by atoms with E-state index in [0.29, 0.717) is 12.1 Å². The minimum absolute atomic E-state index is 0.185. The van der Waals surface area contributed by atoms with E-state index in [4.69, 9.17) is 11.5 Å². The van der Waals surface area contributed by atoms with Crippen molar-refractivity contribution in [2.75, 3.05) is 5.32 Å². The molecule has 0 aliphatic heterocycles. The molecule has 0 saturated carbocycles. The van der Waals surface area contributed by atoms with Crippen molar-refractivity contribution >= 4 is 17.5 Å². The molecule has 0 saturated heterocycles.